The fraction of sp³-hybridized carbons (Fsp3) is 0.318. The number of rotatable bonds is 11. The maximum Gasteiger partial charge on any atom is 0.291 e. The van der Waals surface area contributed by atoms with Crippen molar-refractivity contribution in [3.63, 3.8) is 0 Å². The smallest absolute Gasteiger partial charge is 0.291 e. The van der Waals surface area contributed by atoms with Gasteiger partial charge in [0.2, 0.25) is 0 Å². The van der Waals surface area contributed by atoms with Crippen LogP contribution in [0, 0.1) is 5.41 Å². The molecule has 9 nitrogen and oxygen atoms in total. The number of aryl methyl sites for hydroxylation is 1. The van der Waals surface area contributed by atoms with Crippen molar-refractivity contribution in [1.82, 2.24) is 9.88 Å². The molecule has 0 atom stereocenters. The maximum atomic E-state index is 12.7. The van der Waals surface area contributed by atoms with Crippen LogP contribution in [0.3, 0.4) is 0 Å². The number of carbonyl (C=O) groups is 2. The number of fused-ring (bicyclic) bond motifs is 1. The summed E-state index contributed by atoms with van der Waals surface area (Å²) in [6.07, 6.45) is 1.90. The molecule has 0 saturated carbocycles. The molecule has 3 rings (SSSR count). The quantitative estimate of drug-likeness (QED) is 0.185. The number of amides is 2. The number of amidine groups is 1. The summed E-state index contributed by atoms with van der Waals surface area (Å²) in [6, 6.07) is 8.88. The lowest BCUT2D eigenvalue weighted by molar-refractivity contribution is 0.0945. The number of furan rings is 1. The number of aromatic nitrogens is 1. The highest BCUT2D eigenvalue weighted by Crippen LogP contribution is 2.26. The van der Waals surface area contributed by atoms with Crippen molar-refractivity contribution in [2.24, 2.45) is 12.8 Å². The molecule has 0 fully saturated rings. The third kappa shape index (κ3) is 6.21. The molecule has 2 amide bonds. The molecule has 2 aromatic heterocycles. The summed E-state index contributed by atoms with van der Waals surface area (Å²) in [5.74, 6) is 0.344. The molecule has 3 aromatic rings. The van der Waals surface area contributed by atoms with Crippen LogP contribution in [0.1, 0.15) is 27.5 Å². The zero-order valence-corrected chi connectivity index (χ0v) is 19.7. The SMILES string of the molecule is Cn1cc(NC(=O)c2cc3cc(N(CCCl)CCCl)ccc3o2)cc1C(=O)NCCC(=N)N. The van der Waals surface area contributed by atoms with Gasteiger partial charge in [0.25, 0.3) is 11.8 Å². The molecular formula is C22H26Cl2N6O3. The third-order valence-electron chi connectivity index (χ3n) is 4.97. The number of alkyl halides is 2. The zero-order valence-electron chi connectivity index (χ0n) is 18.2. The molecule has 2 heterocycles. The van der Waals surface area contributed by atoms with Crippen LogP contribution in [0.4, 0.5) is 11.4 Å². The van der Waals surface area contributed by atoms with E-state index in [1.165, 1.54) is 0 Å². The second-order valence-electron chi connectivity index (χ2n) is 7.41. The summed E-state index contributed by atoms with van der Waals surface area (Å²) in [5.41, 5.74) is 7.64. The van der Waals surface area contributed by atoms with E-state index < -0.39 is 5.91 Å². The average molecular weight is 493 g/mol. The van der Waals surface area contributed by atoms with Gasteiger partial charge in [-0.25, -0.2) is 0 Å². The van der Waals surface area contributed by atoms with Crippen LogP contribution in [0.15, 0.2) is 40.9 Å². The molecule has 5 N–H and O–H groups in total. The first-order chi connectivity index (χ1) is 15.8. The fourth-order valence-electron chi connectivity index (χ4n) is 3.37. The average Bonchev–Trinajstić information content (AvgIpc) is 3.36. The minimum Gasteiger partial charge on any atom is -0.451 e. The molecule has 176 valence electrons. The minimum atomic E-state index is -0.430. The Balaban J connectivity index is 1.72. The second-order valence-corrected chi connectivity index (χ2v) is 8.16. The van der Waals surface area contributed by atoms with Gasteiger partial charge in [0.1, 0.15) is 11.3 Å². The van der Waals surface area contributed by atoms with Crippen molar-refractivity contribution in [3.8, 4) is 0 Å². The number of benzene rings is 1. The van der Waals surface area contributed by atoms with Crippen LogP contribution in [0.25, 0.3) is 11.0 Å². The van der Waals surface area contributed by atoms with E-state index in [2.05, 4.69) is 15.5 Å². The van der Waals surface area contributed by atoms with Crippen molar-refractivity contribution in [1.29, 1.82) is 5.41 Å². The number of hydrogen-bond donors (Lipinski definition) is 4. The molecule has 0 bridgehead atoms. The van der Waals surface area contributed by atoms with Crippen molar-refractivity contribution in [2.75, 3.05) is 41.6 Å². The molecule has 0 radical (unpaired) electrons. The Kier molecular flexibility index (Phi) is 8.24. The van der Waals surface area contributed by atoms with Crippen LogP contribution in [0.5, 0.6) is 0 Å². The third-order valence-corrected chi connectivity index (χ3v) is 5.31. The topological polar surface area (TPSA) is 129 Å². The van der Waals surface area contributed by atoms with E-state index in [0.717, 1.165) is 11.1 Å². The van der Waals surface area contributed by atoms with Gasteiger partial charge < -0.3 is 30.3 Å². The monoisotopic (exact) mass is 492 g/mol. The number of anilines is 2. The standard InChI is InChI=1S/C22H26Cl2N6O3/c1-29-13-15(12-17(29)21(31)27-7-4-20(25)26)28-22(32)19-11-14-10-16(2-3-18(14)33-19)30(8-5-23)9-6-24/h2-3,10-13H,4-9H2,1H3,(H3,25,26)(H,27,31)(H,28,32). The van der Waals surface area contributed by atoms with Crippen molar-refractivity contribution < 1.29 is 14.0 Å². The Hall–Kier alpha value is -3.17. The van der Waals surface area contributed by atoms with Gasteiger partial charge in [0, 0.05) is 62.1 Å². The normalized spacial score (nSPS) is 10.9. The van der Waals surface area contributed by atoms with Crippen LogP contribution < -0.4 is 21.3 Å². The Morgan fingerprint density at radius 1 is 1.15 bits per heavy atom. The van der Waals surface area contributed by atoms with E-state index in [4.69, 9.17) is 38.8 Å². The van der Waals surface area contributed by atoms with Gasteiger partial charge in [-0.05, 0) is 30.3 Å². The van der Waals surface area contributed by atoms with Crippen LogP contribution in [-0.4, -0.2) is 53.6 Å². The number of nitrogens with two attached hydrogens (primary N) is 1. The Labute approximate surface area is 201 Å². The van der Waals surface area contributed by atoms with E-state index in [1.54, 1.807) is 29.9 Å². The van der Waals surface area contributed by atoms with E-state index in [0.29, 0.717) is 41.8 Å². The first kappa shape index (κ1) is 24.5. The molecule has 11 heteroatoms. The second kappa shape index (κ2) is 11.1. The van der Waals surface area contributed by atoms with Gasteiger partial charge in [0.15, 0.2) is 5.76 Å². The van der Waals surface area contributed by atoms with Gasteiger partial charge in [-0.1, -0.05) is 0 Å². The number of nitrogens with zero attached hydrogens (tertiary/aromatic N) is 2. The van der Waals surface area contributed by atoms with Crippen LogP contribution in [0.2, 0.25) is 0 Å². The van der Waals surface area contributed by atoms with Crippen molar-refractivity contribution in [2.45, 2.75) is 6.42 Å². The molecule has 0 aliphatic rings. The molecule has 33 heavy (non-hydrogen) atoms. The lowest BCUT2D eigenvalue weighted by atomic mass is 10.2. The van der Waals surface area contributed by atoms with E-state index in [9.17, 15) is 9.59 Å². The van der Waals surface area contributed by atoms with Crippen molar-refractivity contribution >= 4 is 63.2 Å². The predicted octanol–water partition coefficient (Wildman–Crippen LogP) is 3.36. The Morgan fingerprint density at radius 3 is 2.55 bits per heavy atom. The summed E-state index contributed by atoms with van der Waals surface area (Å²) < 4.78 is 7.32. The maximum absolute atomic E-state index is 12.7. The first-order valence-electron chi connectivity index (χ1n) is 10.3. The molecular weight excluding hydrogens is 467 g/mol. The first-order valence-corrected chi connectivity index (χ1v) is 11.4. The number of hydrogen-bond acceptors (Lipinski definition) is 5. The minimum absolute atomic E-state index is 0.00103. The van der Waals surface area contributed by atoms with Gasteiger partial charge in [-0.3, -0.25) is 15.0 Å². The lowest BCUT2D eigenvalue weighted by Gasteiger charge is -2.22. The summed E-state index contributed by atoms with van der Waals surface area (Å²) >= 11 is 11.8. The molecule has 1 aromatic carbocycles. The van der Waals surface area contributed by atoms with E-state index >= 15 is 0 Å². The summed E-state index contributed by atoms with van der Waals surface area (Å²) in [5, 5.41) is 13.4. The predicted molar refractivity (Wildman–Crippen MR) is 132 cm³/mol. The Morgan fingerprint density at radius 2 is 1.88 bits per heavy atom. The summed E-state index contributed by atoms with van der Waals surface area (Å²) in [6.45, 7) is 1.57. The molecule has 0 saturated heterocycles. The van der Waals surface area contributed by atoms with E-state index in [1.807, 2.05) is 18.2 Å². The molecule has 0 aliphatic heterocycles. The van der Waals surface area contributed by atoms with Crippen molar-refractivity contribution in [3.05, 3.63) is 48.0 Å². The molecule has 0 unspecified atom stereocenters. The highest BCUT2D eigenvalue weighted by atomic mass is 35.5. The van der Waals surface area contributed by atoms with Crippen LogP contribution >= 0.6 is 23.2 Å². The highest BCUT2D eigenvalue weighted by Gasteiger charge is 2.17. The van der Waals surface area contributed by atoms with Gasteiger partial charge in [-0.2, -0.15) is 0 Å². The number of nitrogens with one attached hydrogen (secondary N) is 3. The zero-order chi connectivity index (χ0) is 24.0. The van der Waals surface area contributed by atoms with Gasteiger partial charge in [0.05, 0.1) is 11.5 Å². The highest BCUT2D eigenvalue weighted by molar-refractivity contribution is 6.18. The molecule has 0 spiro atoms. The fourth-order valence-corrected chi connectivity index (χ4v) is 3.77. The lowest BCUT2D eigenvalue weighted by Crippen LogP contribution is -2.28. The molecule has 0 aliphatic carbocycles. The number of carbonyl (C=O) groups excluding carboxylic acids is 2. The summed E-state index contributed by atoms with van der Waals surface area (Å²) in [4.78, 5) is 27.1. The van der Waals surface area contributed by atoms with Gasteiger partial charge >= 0.3 is 0 Å². The summed E-state index contributed by atoms with van der Waals surface area (Å²) in [7, 11) is 1.70. The van der Waals surface area contributed by atoms with Crippen LogP contribution in [-0.2, 0) is 7.05 Å². The Bertz CT molecular complexity index is 1150. The van der Waals surface area contributed by atoms with E-state index in [-0.39, 0.29) is 30.5 Å². The number of halogens is 2. The van der Waals surface area contributed by atoms with Gasteiger partial charge in [-0.15, -0.1) is 23.2 Å². The largest absolute Gasteiger partial charge is 0.451 e.